The highest BCUT2D eigenvalue weighted by Crippen LogP contribution is 2.37. The lowest BCUT2D eigenvalue weighted by Crippen LogP contribution is -2.31. The molecule has 0 aliphatic heterocycles. The predicted molar refractivity (Wildman–Crippen MR) is 115 cm³/mol. The number of aryl methyl sites for hydroxylation is 1. The van der Waals surface area contributed by atoms with Crippen LogP contribution < -0.4 is 11.1 Å². The van der Waals surface area contributed by atoms with Gasteiger partial charge >= 0.3 is 6.18 Å². The molecule has 156 valence electrons. The van der Waals surface area contributed by atoms with Gasteiger partial charge in [0.15, 0.2) is 5.13 Å². The molecule has 0 aliphatic carbocycles. The second-order valence-corrected chi connectivity index (χ2v) is 8.87. The molecule has 30 heavy (non-hydrogen) atoms. The van der Waals surface area contributed by atoms with E-state index >= 15 is 0 Å². The highest BCUT2D eigenvalue weighted by atomic mass is 32.1. The number of nitrogens with zero attached hydrogens (tertiary/aromatic N) is 3. The Morgan fingerprint density at radius 3 is 2.57 bits per heavy atom. The first-order valence-corrected chi connectivity index (χ1v) is 10.8. The topological polar surface area (TPSA) is 76.7 Å². The number of anilines is 1. The quantitative estimate of drug-likeness (QED) is 0.427. The summed E-state index contributed by atoms with van der Waals surface area (Å²) in [5.74, 6) is 0. The first-order valence-electron chi connectivity index (χ1n) is 9.13. The molecule has 3 N–H and O–H groups in total. The number of nitrogens with one attached hydrogen (secondary N) is 1. The molecule has 0 aliphatic rings. The fourth-order valence-electron chi connectivity index (χ4n) is 2.97. The number of benzene rings is 1. The molecule has 4 aromatic rings. The zero-order valence-corrected chi connectivity index (χ0v) is 17.5. The van der Waals surface area contributed by atoms with E-state index in [1.54, 1.807) is 23.7 Å². The van der Waals surface area contributed by atoms with Crippen molar-refractivity contribution >= 4 is 38.0 Å². The van der Waals surface area contributed by atoms with Gasteiger partial charge in [-0.15, -0.1) is 11.3 Å². The Labute approximate surface area is 178 Å². The zero-order valence-electron chi connectivity index (χ0n) is 15.9. The van der Waals surface area contributed by atoms with Gasteiger partial charge in [0.2, 0.25) is 0 Å². The van der Waals surface area contributed by atoms with E-state index in [0.717, 1.165) is 48.6 Å². The maximum Gasteiger partial charge on any atom is 0.416 e. The summed E-state index contributed by atoms with van der Waals surface area (Å²) < 4.78 is 39.0. The third kappa shape index (κ3) is 4.61. The number of hydrogen-bond acceptors (Lipinski definition) is 7. The molecule has 5 nitrogen and oxygen atoms in total. The van der Waals surface area contributed by atoms with Crippen molar-refractivity contribution < 1.29 is 13.2 Å². The van der Waals surface area contributed by atoms with Gasteiger partial charge in [-0.05, 0) is 37.1 Å². The maximum absolute atomic E-state index is 12.7. The molecule has 4 rings (SSSR count). The Bertz CT molecular complexity index is 1120. The molecule has 0 bridgehead atoms. The summed E-state index contributed by atoms with van der Waals surface area (Å²) in [7, 11) is 0. The lowest BCUT2D eigenvalue weighted by atomic mass is 10.0. The molecule has 1 atom stereocenters. The van der Waals surface area contributed by atoms with Gasteiger partial charge in [-0.3, -0.25) is 4.98 Å². The fourth-order valence-corrected chi connectivity index (χ4v) is 5.00. The van der Waals surface area contributed by atoms with Gasteiger partial charge in [-0.1, -0.05) is 23.5 Å². The van der Waals surface area contributed by atoms with Crippen molar-refractivity contribution in [1.82, 2.24) is 15.0 Å². The highest BCUT2D eigenvalue weighted by molar-refractivity contribution is 7.26. The summed E-state index contributed by atoms with van der Waals surface area (Å²) in [5.41, 5.74) is 8.05. The van der Waals surface area contributed by atoms with Gasteiger partial charge in [0.1, 0.15) is 5.01 Å². The van der Waals surface area contributed by atoms with E-state index in [9.17, 15) is 13.2 Å². The fraction of sp³-hybridized carbons (Fsp3) is 0.250. The third-order valence-electron chi connectivity index (χ3n) is 4.48. The molecule has 0 spiro atoms. The molecule has 0 saturated heterocycles. The molecular weight excluding hydrogens is 431 g/mol. The van der Waals surface area contributed by atoms with Crippen molar-refractivity contribution in [2.45, 2.75) is 25.6 Å². The number of hydrogen-bond donors (Lipinski definition) is 2. The minimum atomic E-state index is -4.33. The number of fused-ring (bicyclic) bond motifs is 1. The molecule has 0 fully saturated rings. The summed E-state index contributed by atoms with van der Waals surface area (Å²) in [6.07, 6.45) is -0.349. The van der Waals surface area contributed by atoms with Crippen LogP contribution in [0.25, 0.3) is 20.1 Å². The van der Waals surface area contributed by atoms with Crippen LogP contribution in [0, 0.1) is 6.92 Å². The summed E-state index contributed by atoms with van der Waals surface area (Å²) in [6.45, 7) is 2.39. The third-order valence-corrected chi connectivity index (χ3v) is 6.75. The number of thiazole rings is 2. The largest absolute Gasteiger partial charge is 0.416 e. The van der Waals surface area contributed by atoms with Crippen LogP contribution in [0.3, 0.4) is 0 Å². The molecule has 10 heteroatoms. The van der Waals surface area contributed by atoms with E-state index in [-0.39, 0.29) is 6.04 Å². The van der Waals surface area contributed by atoms with Gasteiger partial charge in [0, 0.05) is 25.0 Å². The van der Waals surface area contributed by atoms with Crippen molar-refractivity contribution in [3.63, 3.8) is 0 Å². The minimum Gasteiger partial charge on any atom is -0.360 e. The molecule has 3 aromatic heterocycles. The van der Waals surface area contributed by atoms with E-state index in [2.05, 4.69) is 20.3 Å². The van der Waals surface area contributed by atoms with Crippen molar-refractivity contribution in [1.29, 1.82) is 0 Å². The van der Waals surface area contributed by atoms with Crippen LogP contribution in [0.4, 0.5) is 18.3 Å². The number of alkyl halides is 3. The van der Waals surface area contributed by atoms with E-state index < -0.39 is 11.7 Å². The SMILES string of the molecule is Cc1nc(NCC(N)Cc2ccc(C(F)(F)F)cc2)sc1-c1nc2ccncc2s1. The Morgan fingerprint density at radius 1 is 1.10 bits per heavy atom. The summed E-state index contributed by atoms with van der Waals surface area (Å²) in [5, 5.41) is 4.87. The van der Waals surface area contributed by atoms with E-state index in [1.165, 1.54) is 23.5 Å². The lowest BCUT2D eigenvalue weighted by molar-refractivity contribution is -0.137. The van der Waals surface area contributed by atoms with Gasteiger partial charge < -0.3 is 11.1 Å². The second kappa shape index (κ2) is 8.29. The smallest absolute Gasteiger partial charge is 0.360 e. The predicted octanol–water partition coefficient (Wildman–Crippen LogP) is 5.12. The Hall–Kier alpha value is -2.56. The van der Waals surface area contributed by atoms with Crippen LogP contribution in [0.15, 0.2) is 42.7 Å². The number of nitrogens with two attached hydrogens (primary N) is 1. The van der Waals surface area contributed by atoms with Crippen molar-refractivity contribution in [2.24, 2.45) is 5.73 Å². The van der Waals surface area contributed by atoms with Gasteiger partial charge in [-0.25, -0.2) is 9.97 Å². The van der Waals surface area contributed by atoms with Crippen LogP contribution in [0.5, 0.6) is 0 Å². The second-order valence-electron chi connectivity index (χ2n) is 6.84. The number of halogens is 3. The van der Waals surface area contributed by atoms with Crippen LogP contribution in [-0.4, -0.2) is 27.5 Å². The maximum atomic E-state index is 12.7. The average molecular weight is 450 g/mol. The van der Waals surface area contributed by atoms with Gasteiger partial charge in [0.05, 0.1) is 26.4 Å². The molecule has 1 unspecified atom stereocenters. The summed E-state index contributed by atoms with van der Waals surface area (Å²) in [6, 6.07) is 6.72. The Kier molecular flexibility index (Phi) is 5.72. The van der Waals surface area contributed by atoms with E-state index in [4.69, 9.17) is 5.73 Å². The molecule has 0 amide bonds. The summed E-state index contributed by atoms with van der Waals surface area (Å²) in [4.78, 5) is 14.3. The molecule has 1 aromatic carbocycles. The molecule has 3 heterocycles. The average Bonchev–Trinajstić information content (AvgIpc) is 3.29. The number of pyridine rings is 1. The molecule has 0 radical (unpaired) electrons. The zero-order chi connectivity index (χ0) is 21.3. The molecule has 0 saturated carbocycles. The highest BCUT2D eigenvalue weighted by Gasteiger charge is 2.29. The van der Waals surface area contributed by atoms with Gasteiger partial charge in [0.25, 0.3) is 0 Å². The minimum absolute atomic E-state index is 0.261. The number of aromatic nitrogens is 3. The van der Waals surface area contributed by atoms with Crippen molar-refractivity contribution in [2.75, 3.05) is 11.9 Å². The first kappa shape index (κ1) is 20.7. The monoisotopic (exact) mass is 449 g/mol. The van der Waals surface area contributed by atoms with Gasteiger partial charge in [-0.2, -0.15) is 13.2 Å². The standard InChI is InChI=1S/C20H18F3N5S2/c1-11-17(18-28-15-6-7-25-10-16(15)29-18)30-19(27-11)26-9-14(24)8-12-2-4-13(5-3-12)20(21,22)23/h2-7,10,14H,8-9,24H2,1H3,(H,26,27). The lowest BCUT2D eigenvalue weighted by Gasteiger charge is -2.13. The van der Waals surface area contributed by atoms with Crippen LogP contribution in [-0.2, 0) is 12.6 Å². The molecular formula is C20H18F3N5S2. The normalized spacial score (nSPS) is 13.0. The van der Waals surface area contributed by atoms with Crippen LogP contribution in [0.1, 0.15) is 16.8 Å². The van der Waals surface area contributed by atoms with Crippen molar-refractivity contribution in [3.05, 3.63) is 59.5 Å². The van der Waals surface area contributed by atoms with E-state index in [1.807, 2.05) is 13.0 Å². The van der Waals surface area contributed by atoms with Crippen LogP contribution >= 0.6 is 22.7 Å². The van der Waals surface area contributed by atoms with Crippen LogP contribution in [0.2, 0.25) is 0 Å². The Morgan fingerprint density at radius 2 is 1.87 bits per heavy atom. The first-order chi connectivity index (χ1) is 14.3. The van der Waals surface area contributed by atoms with Crippen molar-refractivity contribution in [3.8, 4) is 9.88 Å². The van der Waals surface area contributed by atoms with E-state index in [0.29, 0.717) is 13.0 Å². The number of rotatable bonds is 6. The summed E-state index contributed by atoms with van der Waals surface area (Å²) >= 11 is 3.08. The Balaban J connectivity index is 1.38.